The minimum Gasteiger partial charge on any atom is -0.303 e. The van der Waals surface area contributed by atoms with Crippen LogP contribution in [0.5, 0.6) is 0 Å². The molecule has 0 atom stereocenters. The lowest BCUT2D eigenvalue weighted by Crippen LogP contribution is -1.92. The highest BCUT2D eigenvalue weighted by molar-refractivity contribution is 7.46. The third kappa shape index (κ3) is 21.6. The van der Waals surface area contributed by atoms with Gasteiger partial charge in [-0.15, -0.1) is 0 Å². The molecule has 0 aromatic rings. The summed E-state index contributed by atoms with van der Waals surface area (Å²) in [6.45, 7) is 2.38. The van der Waals surface area contributed by atoms with E-state index in [4.69, 9.17) is 9.79 Å². The Kier molecular flexibility index (Phi) is 16.2. The van der Waals surface area contributed by atoms with Crippen molar-refractivity contribution in [2.45, 2.75) is 84.0 Å². The fraction of sp³-hybridized carbons (Fsp3) is 0.778. The average Bonchev–Trinajstić information content (AvgIpc) is 2.49. The zero-order chi connectivity index (χ0) is 17.2. The van der Waals surface area contributed by atoms with Crippen LogP contribution in [0.25, 0.3) is 0 Å². The van der Waals surface area contributed by atoms with Gasteiger partial charge in [0, 0.05) is 0 Å². The van der Waals surface area contributed by atoms with Gasteiger partial charge in [-0.3, -0.25) is 4.52 Å². The first-order valence-electron chi connectivity index (χ1n) is 9.06. The van der Waals surface area contributed by atoms with Gasteiger partial charge in [0.25, 0.3) is 0 Å². The summed E-state index contributed by atoms with van der Waals surface area (Å²) in [5, 5.41) is 0. The molecule has 0 aliphatic rings. The maximum Gasteiger partial charge on any atom is 0.469 e. The average molecular weight is 346 g/mol. The lowest BCUT2D eigenvalue weighted by atomic mass is 10.1. The molecule has 5 heteroatoms. The second-order valence-electron chi connectivity index (χ2n) is 5.91. The summed E-state index contributed by atoms with van der Waals surface area (Å²) in [6, 6.07) is 0. The standard InChI is InChI=1S/C18H35O4P/c1-2-3-4-5-6-7-8-9-10-11-12-13-14-15-16-17-18-22-23(19,20)21/h6-7,9-10H,2-5,8,11-18H2,1H3,(H2,19,20,21). The molecule has 0 saturated carbocycles. The lowest BCUT2D eigenvalue weighted by molar-refractivity contribution is 0.193. The monoisotopic (exact) mass is 346 g/mol. The van der Waals surface area contributed by atoms with E-state index in [1.807, 2.05) is 0 Å². The van der Waals surface area contributed by atoms with Crippen molar-refractivity contribution in [1.29, 1.82) is 0 Å². The number of allylic oxidation sites excluding steroid dienone is 4. The maximum absolute atomic E-state index is 10.5. The van der Waals surface area contributed by atoms with E-state index in [2.05, 4.69) is 35.8 Å². The molecule has 4 nitrogen and oxygen atoms in total. The molecule has 0 aromatic carbocycles. The Morgan fingerprint density at radius 3 is 1.87 bits per heavy atom. The van der Waals surface area contributed by atoms with Crippen LogP contribution in [-0.2, 0) is 9.09 Å². The van der Waals surface area contributed by atoms with Crippen LogP contribution >= 0.6 is 7.82 Å². The Morgan fingerprint density at radius 1 is 0.783 bits per heavy atom. The zero-order valence-electron chi connectivity index (χ0n) is 14.7. The Labute approximate surface area is 142 Å². The summed E-state index contributed by atoms with van der Waals surface area (Å²) in [7, 11) is -4.27. The van der Waals surface area contributed by atoms with E-state index in [-0.39, 0.29) is 6.61 Å². The van der Waals surface area contributed by atoms with Gasteiger partial charge in [-0.05, 0) is 38.5 Å². The Hall–Kier alpha value is -0.410. The largest absolute Gasteiger partial charge is 0.469 e. The summed E-state index contributed by atoms with van der Waals surface area (Å²) < 4.78 is 14.9. The van der Waals surface area contributed by atoms with Crippen LogP contribution in [0.2, 0.25) is 0 Å². The molecule has 0 spiro atoms. The van der Waals surface area contributed by atoms with Crippen molar-refractivity contribution in [3.63, 3.8) is 0 Å². The fourth-order valence-corrected chi connectivity index (χ4v) is 2.64. The van der Waals surface area contributed by atoms with Gasteiger partial charge in [-0.25, -0.2) is 4.57 Å². The van der Waals surface area contributed by atoms with E-state index in [1.165, 1.54) is 44.9 Å². The van der Waals surface area contributed by atoms with E-state index >= 15 is 0 Å². The highest BCUT2D eigenvalue weighted by Crippen LogP contribution is 2.35. The molecule has 0 heterocycles. The lowest BCUT2D eigenvalue weighted by Gasteiger charge is -2.04. The van der Waals surface area contributed by atoms with Gasteiger partial charge in [0.1, 0.15) is 0 Å². The molecule has 0 bridgehead atoms. The molecule has 0 rings (SSSR count). The third-order valence-electron chi connectivity index (χ3n) is 3.60. The number of phosphoric ester groups is 1. The van der Waals surface area contributed by atoms with Crippen LogP contribution in [0.4, 0.5) is 0 Å². The van der Waals surface area contributed by atoms with E-state index in [1.54, 1.807) is 0 Å². The molecule has 0 saturated heterocycles. The molecule has 2 N–H and O–H groups in total. The minimum absolute atomic E-state index is 0.152. The molecule has 136 valence electrons. The first-order chi connectivity index (χ1) is 11.1. The molecule has 0 aromatic heterocycles. The van der Waals surface area contributed by atoms with Gasteiger partial charge in [-0.2, -0.15) is 0 Å². The second kappa shape index (κ2) is 16.4. The predicted molar refractivity (Wildman–Crippen MR) is 97.4 cm³/mol. The van der Waals surface area contributed by atoms with E-state index < -0.39 is 7.82 Å². The molecular formula is C18H35O4P. The molecule has 0 unspecified atom stereocenters. The number of hydrogen-bond donors (Lipinski definition) is 2. The Morgan fingerprint density at radius 2 is 1.30 bits per heavy atom. The van der Waals surface area contributed by atoms with Crippen LogP contribution in [-0.4, -0.2) is 16.4 Å². The number of phosphoric acid groups is 1. The normalized spacial score (nSPS) is 12.7. The smallest absolute Gasteiger partial charge is 0.303 e. The van der Waals surface area contributed by atoms with Crippen LogP contribution in [0.15, 0.2) is 24.3 Å². The summed E-state index contributed by atoms with van der Waals surface area (Å²) in [5.41, 5.74) is 0. The summed E-state index contributed by atoms with van der Waals surface area (Å²) in [5.74, 6) is 0. The molecule has 0 amide bonds. The Bertz CT molecular complexity index is 347. The quantitative estimate of drug-likeness (QED) is 0.207. The fourth-order valence-electron chi connectivity index (χ4n) is 2.27. The van der Waals surface area contributed by atoms with Gasteiger partial charge in [0.2, 0.25) is 0 Å². The van der Waals surface area contributed by atoms with Gasteiger partial charge in [0.05, 0.1) is 6.61 Å². The summed E-state index contributed by atoms with van der Waals surface area (Å²) in [4.78, 5) is 17.0. The van der Waals surface area contributed by atoms with Crippen LogP contribution < -0.4 is 0 Å². The molecule has 23 heavy (non-hydrogen) atoms. The molecule has 0 fully saturated rings. The minimum atomic E-state index is -4.27. The van der Waals surface area contributed by atoms with Crippen molar-refractivity contribution in [1.82, 2.24) is 0 Å². The van der Waals surface area contributed by atoms with Gasteiger partial charge < -0.3 is 9.79 Å². The van der Waals surface area contributed by atoms with Crippen LogP contribution in [0, 0.1) is 0 Å². The van der Waals surface area contributed by atoms with Crippen LogP contribution in [0.3, 0.4) is 0 Å². The van der Waals surface area contributed by atoms with Crippen molar-refractivity contribution in [2.24, 2.45) is 0 Å². The molecule has 0 aliphatic carbocycles. The maximum atomic E-state index is 10.5. The van der Waals surface area contributed by atoms with Crippen molar-refractivity contribution in [2.75, 3.05) is 6.61 Å². The van der Waals surface area contributed by atoms with Crippen molar-refractivity contribution in [3.8, 4) is 0 Å². The second-order valence-corrected chi connectivity index (χ2v) is 7.15. The third-order valence-corrected chi connectivity index (χ3v) is 4.12. The molecule has 0 radical (unpaired) electrons. The highest BCUT2D eigenvalue weighted by Gasteiger charge is 2.12. The first kappa shape index (κ1) is 22.6. The molecular weight excluding hydrogens is 311 g/mol. The van der Waals surface area contributed by atoms with E-state index in [9.17, 15) is 4.57 Å². The van der Waals surface area contributed by atoms with Crippen LogP contribution in [0.1, 0.15) is 84.0 Å². The zero-order valence-corrected chi connectivity index (χ0v) is 15.6. The Balaban J connectivity index is 3.20. The van der Waals surface area contributed by atoms with E-state index in [0.29, 0.717) is 0 Å². The summed E-state index contributed by atoms with van der Waals surface area (Å²) >= 11 is 0. The van der Waals surface area contributed by atoms with Gasteiger partial charge in [-0.1, -0.05) is 69.8 Å². The topological polar surface area (TPSA) is 66.8 Å². The molecule has 0 aliphatic heterocycles. The SMILES string of the molecule is CCCCCC=CCC=CCCCCCCCCOP(=O)(O)O. The number of rotatable bonds is 16. The van der Waals surface area contributed by atoms with Gasteiger partial charge >= 0.3 is 7.82 Å². The van der Waals surface area contributed by atoms with Crippen molar-refractivity contribution >= 4 is 7.82 Å². The first-order valence-corrected chi connectivity index (χ1v) is 10.6. The summed E-state index contributed by atoms with van der Waals surface area (Å²) in [6.07, 6.45) is 22.8. The van der Waals surface area contributed by atoms with Gasteiger partial charge in [0.15, 0.2) is 0 Å². The predicted octanol–water partition coefficient (Wildman–Crippen LogP) is 5.91. The number of unbranched alkanes of at least 4 members (excludes halogenated alkanes) is 9. The van der Waals surface area contributed by atoms with Crippen molar-refractivity contribution < 1.29 is 18.9 Å². The number of hydrogen-bond acceptors (Lipinski definition) is 2. The highest BCUT2D eigenvalue weighted by atomic mass is 31.2. The van der Waals surface area contributed by atoms with Crippen molar-refractivity contribution in [3.05, 3.63) is 24.3 Å². The van der Waals surface area contributed by atoms with E-state index in [0.717, 1.165) is 32.1 Å².